The van der Waals surface area contributed by atoms with Crippen LogP contribution in [0.4, 0.5) is 5.69 Å². The number of anilines is 1. The van der Waals surface area contributed by atoms with Gasteiger partial charge in [0.05, 0.1) is 29.4 Å². The smallest absolute Gasteiger partial charge is 0.327 e. The lowest BCUT2D eigenvalue weighted by molar-refractivity contribution is -0.137. The molecule has 0 fully saturated rings. The van der Waals surface area contributed by atoms with E-state index in [-0.39, 0.29) is 6.42 Å². The van der Waals surface area contributed by atoms with Crippen molar-refractivity contribution < 1.29 is 9.90 Å². The summed E-state index contributed by atoms with van der Waals surface area (Å²) < 4.78 is 0. The number of aromatic nitrogens is 1. The molecule has 0 saturated heterocycles. The van der Waals surface area contributed by atoms with Crippen molar-refractivity contribution >= 4 is 22.6 Å². The van der Waals surface area contributed by atoms with E-state index in [0.29, 0.717) is 11.4 Å². The monoisotopic (exact) mass is 255 g/mol. The van der Waals surface area contributed by atoms with E-state index in [4.69, 9.17) is 10.4 Å². The third-order valence-electron chi connectivity index (χ3n) is 2.84. The zero-order chi connectivity index (χ0) is 13.8. The molecule has 0 aliphatic heterocycles. The number of aryl methyl sites for hydroxylation is 1. The van der Waals surface area contributed by atoms with Crippen LogP contribution < -0.4 is 5.32 Å². The molecule has 5 nitrogen and oxygen atoms in total. The number of carbonyl (C=O) groups is 1. The summed E-state index contributed by atoms with van der Waals surface area (Å²) in [5.74, 6) is -1.05. The minimum Gasteiger partial charge on any atom is -0.480 e. The second kappa shape index (κ2) is 5.36. The first-order valence-electron chi connectivity index (χ1n) is 5.84. The molecule has 0 unspecified atom stereocenters. The van der Waals surface area contributed by atoms with Crippen LogP contribution in [-0.4, -0.2) is 22.1 Å². The molecule has 0 aliphatic rings. The number of aliphatic carboxylic acids is 1. The summed E-state index contributed by atoms with van der Waals surface area (Å²) in [4.78, 5) is 15.4. The number of rotatable bonds is 4. The summed E-state index contributed by atoms with van der Waals surface area (Å²) in [6, 6.07) is 10.4. The zero-order valence-electron chi connectivity index (χ0n) is 10.4. The van der Waals surface area contributed by atoms with Crippen LogP contribution in [0, 0.1) is 18.3 Å². The Bertz CT molecular complexity index is 661. The maximum atomic E-state index is 11.0. The van der Waals surface area contributed by atoms with Gasteiger partial charge in [0.1, 0.15) is 6.04 Å². The maximum Gasteiger partial charge on any atom is 0.327 e. The third kappa shape index (κ3) is 2.80. The predicted molar refractivity (Wildman–Crippen MR) is 71.8 cm³/mol. The minimum absolute atomic E-state index is 0.0956. The first-order chi connectivity index (χ1) is 9.11. The van der Waals surface area contributed by atoms with E-state index in [2.05, 4.69) is 10.3 Å². The highest BCUT2D eigenvalue weighted by Crippen LogP contribution is 2.21. The second-order valence-electron chi connectivity index (χ2n) is 4.21. The highest BCUT2D eigenvalue weighted by Gasteiger charge is 2.17. The lowest BCUT2D eigenvalue weighted by Crippen LogP contribution is -2.29. The van der Waals surface area contributed by atoms with Crippen molar-refractivity contribution in [3.8, 4) is 6.07 Å². The van der Waals surface area contributed by atoms with Gasteiger partial charge in [-0.2, -0.15) is 5.26 Å². The first kappa shape index (κ1) is 12.8. The van der Waals surface area contributed by atoms with Gasteiger partial charge in [0.25, 0.3) is 0 Å². The van der Waals surface area contributed by atoms with Gasteiger partial charge in [-0.3, -0.25) is 4.98 Å². The fourth-order valence-electron chi connectivity index (χ4n) is 1.84. The number of hydrogen-bond acceptors (Lipinski definition) is 4. The van der Waals surface area contributed by atoms with E-state index >= 15 is 0 Å². The van der Waals surface area contributed by atoms with Gasteiger partial charge in [-0.15, -0.1) is 0 Å². The summed E-state index contributed by atoms with van der Waals surface area (Å²) in [7, 11) is 0. The van der Waals surface area contributed by atoms with Gasteiger partial charge in [0.15, 0.2) is 0 Å². The molecule has 2 N–H and O–H groups in total. The molecule has 2 aromatic rings. The molecule has 0 radical (unpaired) electrons. The minimum atomic E-state index is -1.05. The van der Waals surface area contributed by atoms with E-state index in [1.54, 1.807) is 6.92 Å². The molecule has 1 aromatic heterocycles. The first-order valence-corrected chi connectivity index (χ1v) is 5.84. The molecule has 0 bridgehead atoms. The highest BCUT2D eigenvalue weighted by atomic mass is 16.4. The highest BCUT2D eigenvalue weighted by molar-refractivity contribution is 5.84. The summed E-state index contributed by atoms with van der Waals surface area (Å²) in [6.07, 6.45) is -0.0956. The topological polar surface area (TPSA) is 86.0 Å². The molecule has 1 heterocycles. The van der Waals surface area contributed by atoms with E-state index in [1.807, 2.05) is 36.4 Å². The van der Waals surface area contributed by atoms with Crippen molar-refractivity contribution in [1.82, 2.24) is 4.98 Å². The Labute approximate surface area is 110 Å². The number of carboxylic acid groups (broad SMARTS) is 1. The van der Waals surface area contributed by atoms with Crippen LogP contribution in [0.25, 0.3) is 10.9 Å². The van der Waals surface area contributed by atoms with Crippen molar-refractivity contribution in [2.24, 2.45) is 0 Å². The Morgan fingerprint density at radius 3 is 2.95 bits per heavy atom. The SMILES string of the molecule is Cc1nc2ccccc2cc1N[C@@H](CC#N)C(=O)O. The average molecular weight is 255 g/mol. The molecule has 0 saturated carbocycles. The Morgan fingerprint density at radius 2 is 2.26 bits per heavy atom. The third-order valence-corrected chi connectivity index (χ3v) is 2.84. The number of para-hydroxylation sites is 1. The maximum absolute atomic E-state index is 11.0. The zero-order valence-corrected chi connectivity index (χ0v) is 10.4. The van der Waals surface area contributed by atoms with Gasteiger partial charge in [0.2, 0.25) is 0 Å². The molecule has 1 aromatic carbocycles. The van der Waals surface area contributed by atoms with E-state index in [9.17, 15) is 4.79 Å². The van der Waals surface area contributed by atoms with Gasteiger partial charge in [-0.05, 0) is 19.1 Å². The second-order valence-corrected chi connectivity index (χ2v) is 4.21. The van der Waals surface area contributed by atoms with Crippen LogP contribution in [0.1, 0.15) is 12.1 Å². The van der Waals surface area contributed by atoms with Crippen LogP contribution in [0.2, 0.25) is 0 Å². The lowest BCUT2D eigenvalue weighted by Gasteiger charge is -2.15. The summed E-state index contributed by atoms with van der Waals surface area (Å²) in [5.41, 5.74) is 2.21. The van der Waals surface area contributed by atoms with E-state index in [0.717, 1.165) is 10.9 Å². The summed E-state index contributed by atoms with van der Waals surface area (Å²) in [5, 5.41) is 21.5. The Kier molecular flexibility index (Phi) is 3.62. The average Bonchev–Trinajstić information content (AvgIpc) is 2.38. The van der Waals surface area contributed by atoms with Gasteiger partial charge in [0, 0.05) is 5.39 Å². The van der Waals surface area contributed by atoms with Crippen molar-refractivity contribution in [2.45, 2.75) is 19.4 Å². The number of hydrogen-bond donors (Lipinski definition) is 2. The number of carboxylic acids is 1. The van der Waals surface area contributed by atoms with E-state index in [1.165, 1.54) is 0 Å². The molecule has 5 heteroatoms. The van der Waals surface area contributed by atoms with Crippen molar-refractivity contribution in [1.29, 1.82) is 5.26 Å². The number of nitriles is 1. The van der Waals surface area contributed by atoms with Gasteiger partial charge in [-0.25, -0.2) is 4.79 Å². The number of nitrogens with one attached hydrogen (secondary N) is 1. The van der Waals surface area contributed by atoms with Gasteiger partial charge < -0.3 is 10.4 Å². The number of benzene rings is 1. The number of fused-ring (bicyclic) bond motifs is 1. The Balaban J connectivity index is 2.37. The molecule has 1 atom stereocenters. The molecular formula is C14H13N3O2. The van der Waals surface area contributed by atoms with Crippen molar-refractivity contribution in [3.05, 3.63) is 36.0 Å². The van der Waals surface area contributed by atoms with Gasteiger partial charge in [-0.1, -0.05) is 18.2 Å². The molecular weight excluding hydrogens is 242 g/mol. The predicted octanol–water partition coefficient (Wildman–Crippen LogP) is 2.32. The Hall–Kier alpha value is -2.61. The molecule has 0 spiro atoms. The van der Waals surface area contributed by atoms with Crippen LogP contribution in [0.5, 0.6) is 0 Å². The van der Waals surface area contributed by atoms with Crippen LogP contribution in [0.3, 0.4) is 0 Å². The normalized spacial score (nSPS) is 11.8. The Morgan fingerprint density at radius 1 is 1.53 bits per heavy atom. The summed E-state index contributed by atoms with van der Waals surface area (Å²) >= 11 is 0. The van der Waals surface area contributed by atoms with Crippen molar-refractivity contribution in [3.63, 3.8) is 0 Å². The fraction of sp³-hybridized carbons (Fsp3) is 0.214. The number of nitrogens with zero attached hydrogens (tertiary/aromatic N) is 2. The molecule has 96 valence electrons. The van der Waals surface area contributed by atoms with Crippen molar-refractivity contribution in [2.75, 3.05) is 5.32 Å². The van der Waals surface area contributed by atoms with Gasteiger partial charge >= 0.3 is 5.97 Å². The lowest BCUT2D eigenvalue weighted by atomic mass is 10.1. The quantitative estimate of drug-likeness (QED) is 0.875. The molecule has 0 aliphatic carbocycles. The molecule has 0 amide bonds. The largest absolute Gasteiger partial charge is 0.480 e. The van der Waals surface area contributed by atoms with E-state index < -0.39 is 12.0 Å². The van der Waals surface area contributed by atoms with Crippen LogP contribution >= 0.6 is 0 Å². The molecule has 19 heavy (non-hydrogen) atoms. The fourth-order valence-corrected chi connectivity index (χ4v) is 1.84. The molecule has 2 rings (SSSR count). The number of pyridine rings is 1. The van der Waals surface area contributed by atoms with Crippen LogP contribution in [0.15, 0.2) is 30.3 Å². The van der Waals surface area contributed by atoms with Crippen LogP contribution in [-0.2, 0) is 4.79 Å². The summed E-state index contributed by atoms with van der Waals surface area (Å²) in [6.45, 7) is 1.81. The standard InChI is InChI=1S/C14H13N3O2/c1-9-13(17-12(6-7-15)14(18)19)8-10-4-2-3-5-11(10)16-9/h2-5,8,12,17H,6H2,1H3,(H,18,19)/t12-/m0/s1.